The number of hydrogen-bond acceptors (Lipinski definition) is 4. The Morgan fingerprint density at radius 2 is 1.90 bits per heavy atom. The maximum Gasteiger partial charge on any atom is 0.418 e. The number of nitrogen functional groups attached to an aromatic ring is 1. The van der Waals surface area contributed by atoms with Gasteiger partial charge in [-0.2, -0.15) is 18.2 Å². The molecule has 1 heterocycles. The van der Waals surface area contributed by atoms with Crippen molar-refractivity contribution >= 4 is 5.95 Å². The van der Waals surface area contributed by atoms with Crippen LogP contribution in [0.25, 0.3) is 5.69 Å². The normalized spacial score (nSPS) is 11.7. The summed E-state index contributed by atoms with van der Waals surface area (Å²) >= 11 is 0. The Hall–Kier alpha value is -2.38. The summed E-state index contributed by atoms with van der Waals surface area (Å²) in [5.74, 6) is -0.287. The molecule has 1 aromatic carbocycles. The fourth-order valence-electron chi connectivity index (χ4n) is 2.00. The van der Waals surface area contributed by atoms with Gasteiger partial charge in [-0.1, -0.05) is 11.6 Å². The van der Waals surface area contributed by atoms with E-state index in [1.54, 1.807) is 13.0 Å². The molecule has 0 spiro atoms. The van der Waals surface area contributed by atoms with Gasteiger partial charge in [-0.3, -0.25) is 0 Å². The van der Waals surface area contributed by atoms with Crippen LogP contribution in [0.5, 0.6) is 0 Å². The molecule has 2 aromatic rings. The average Bonchev–Trinajstić information content (AvgIpc) is 2.28. The largest absolute Gasteiger partial charge is 0.418 e. The van der Waals surface area contributed by atoms with Gasteiger partial charge in [0.15, 0.2) is 0 Å². The van der Waals surface area contributed by atoms with Crippen LogP contribution in [0.2, 0.25) is 0 Å². The minimum atomic E-state index is -4.59. The van der Waals surface area contributed by atoms with E-state index in [9.17, 15) is 18.0 Å². The van der Waals surface area contributed by atoms with Gasteiger partial charge in [0.2, 0.25) is 5.95 Å². The lowest BCUT2D eigenvalue weighted by molar-refractivity contribution is -0.137. The molecule has 0 aliphatic heterocycles. The lowest BCUT2D eigenvalue weighted by Crippen LogP contribution is -2.26. The minimum absolute atomic E-state index is 0.284. The van der Waals surface area contributed by atoms with Crippen LogP contribution < -0.4 is 11.4 Å². The molecule has 2 rings (SSSR count). The van der Waals surface area contributed by atoms with Crippen LogP contribution in [0.4, 0.5) is 19.1 Å². The summed E-state index contributed by atoms with van der Waals surface area (Å²) < 4.78 is 40.1. The van der Waals surface area contributed by atoms with Crippen molar-refractivity contribution in [1.82, 2.24) is 14.5 Å². The molecule has 20 heavy (non-hydrogen) atoms. The first-order chi connectivity index (χ1) is 9.20. The van der Waals surface area contributed by atoms with Crippen LogP contribution in [-0.4, -0.2) is 14.5 Å². The molecule has 1 aromatic heterocycles. The highest BCUT2D eigenvalue weighted by Gasteiger charge is 2.35. The predicted octanol–water partition coefficient (Wildman–Crippen LogP) is 1.85. The Kier molecular flexibility index (Phi) is 3.24. The summed E-state index contributed by atoms with van der Waals surface area (Å²) in [5, 5.41) is 0. The Bertz CT molecular complexity index is 722. The third kappa shape index (κ3) is 2.49. The molecule has 8 heteroatoms. The number of rotatable bonds is 1. The molecule has 0 saturated carbocycles. The summed E-state index contributed by atoms with van der Waals surface area (Å²) in [6.45, 7) is 3.04. The second-order valence-corrected chi connectivity index (χ2v) is 4.34. The van der Waals surface area contributed by atoms with Crippen LogP contribution in [0.3, 0.4) is 0 Å². The van der Waals surface area contributed by atoms with Gasteiger partial charge in [0, 0.05) is 0 Å². The lowest BCUT2D eigenvalue weighted by atomic mass is 10.0. The number of aryl methyl sites for hydroxylation is 2. The Morgan fingerprint density at radius 1 is 1.25 bits per heavy atom. The zero-order valence-electron chi connectivity index (χ0n) is 10.7. The monoisotopic (exact) mass is 284 g/mol. The van der Waals surface area contributed by atoms with E-state index >= 15 is 0 Å². The van der Waals surface area contributed by atoms with Gasteiger partial charge in [0.1, 0.15) is 6.33 Å². The number of aromatic nitrogens is 3. The lowest BCUT2D eigenvalue weighted by Gasteiger charge is -2.17. The standard InChI is InChI=1S/C12H11F3N4O/c1-6-3-7(2)9(8(4-6)12(13,14)15)19-5-17-10(16)18-11(19)20/h3-5H,1-2H3,(H2,16,18,20). The summed E-state index contributed by atoms with van der Waals surface area (Å²) in [7, 11) is 0. The van der Waals surface area contributed by atoms with E-state index in [0.29, 0.717) is 11.1 Å². The van der Waals surface area contributed by atoms with Gasteiger partial charge in [-0.15, -0.1) is 0 Å². The van der Waals surface area contributed by atoms with Crippen molar-refractivity contribution < 1.29 is 13.2 Å². The fraction of sp³-hybridized carbons (Fsp3) is 0.250. The molecule has 106 valence electrons. The molecular formula is C12H11F3N4O. The summed E-state index contributed by atoms with van der Waals surface area (Å²) in [4.78, 5) is 18.6. The molecule has 0 unspecified atom stereocenters. The van der Waals surface area contributed by atoms with Crippen molar-refractivity contribution in [1.29, 1.82) is 0 Å². The zero-order chi connectivity index (χ0) is 15.1. The molecule has 2 N–H and O–H groups in total. The number of benzene rings is 1. The molecule has 5 nitrogen and oxygen atoms in total. The Morgan fingerprint density at radius 3 is 2.45 bits per heavy atom. The van der Waals surface area contributed by atoms with Gasteiger partial charge >= 0.3 is 11.9 Å². The first-order valence-corrected chi connectivity index (χ1v) is 5.60. The first kappa shape index (κ1) is 14.0. The van der Waals surface area contributed by atoms with E-state index in [-0.39, 0.29) is 11.6 Å². The van der Waals surface area contributed by atoms with E-state index in [2.05, 4.69) is 9.97 Å². The van der Waals surface area contributed by atoms with Crippen molar-refractivity contribution in [3.05, 3.63) is 45.6 Å². The minimum Gasteiger partial charge on any atom is -0.368 e. The van der Waals surface area contributed by atoms with E-state index < -0.39 is 17.4 Å². The van der Waals surface area contributed by atoms with E-state index in [0.717, 1.165) is 17.0 Å². The van der Waals surface area contributed by atoms with Crippen molar-refractivity contribution in [2.24, 2.45) is 0 Å². The summed E-state index contributed by atoms with van der Waals surface area (Å²) in [6.07, 6.45) is -3.65. The zero-order valence-corrected chi connectivity index (χ0v) is 10.7. The summed E-state index contributed by atoms with van der Waals surface area (Å²) in [5.41, 5.74) is 3.88. The second-order valence-electron chi connectivity index (χ2n) is 4.34. The summed E-state index contributed by atoms with van der Waals surface area (Å²) in [6, 6.07) is 2.53. The number of alkyl halides is 3. The molecule has 0 amide bonds. The van der Waals surface area contributed by atoms with Crippen molar-refractivity contribution in [2.75, 3.05) is 5.73 Å². The van der Waals surface area contributed by atoms with Gasteiger partial charge in [0.25, 0.3) is 0 Å². The quantitative estimate of drug-likeness (QED) is 0.867. The van der Waals surface area contributed by atoms with Crippen molar-refractivity contribution in [3.63, 3.8) is 0 Å². The third-order valence-electron chi connectivity index (χ3n) is 2.71. The van der Waals surface area contributed by atoms with Crippen molar-refractivity contribution in [3.8, 4) is 5.69 Å². The maximum absolute atomic E-state index is 13.1. The van der Waals surface area contributed by atoms with E-state index in [4.69, 9.17) is 5.73 Å². The number of nitrogens with zero attached hydrogens (tertiary/aromatic N) is 3. The van der Waals surface area contributed by atoms with Crippen LogP contribution in [0, 0.1) is 13.8 Å². The third-order valence-corrected chi connectivity index (χ3v) is 2.71. The molecule has 0 radical (unpaired) electrons. The topological polar surface area (TPSA) is 73.8 Å². The fourth-order valence-corrected chi connectivity index (χ4v) is 2.00. The van der Waals surface area contributed by atoms with Crippen molar-refractivity contribution in [2.45, 2.75) is 20.0 Å². The van der Waals surface area contributed by atoms with Gasteiger partial charge in [0.05, 0.1) is 11.3 Å². The molecule has 0 bridgehead atoms. The maximum atomic E-state index is 13.1. The second kappa shape index (κ2) is 4.62. The molecule has 0 saturated heterocycles. The number of anilines is 1. The smallest absolute Gasteiger partial charge is 0.368 e. The number of halogens is 3. The molecule has 0 atom stereocenters. The van der Waals surface area contributed by atoms with E-state index in [1.165, 1.54) is 6.92 Å². The first-order valence-electron chi connectivity index (χ1n) is 5.60. The van der Waals surface area contributed by atoms with Crippen LogP contribution in [-0.2, 0) is 6.18 Å². The molecule has 0 aliphatic rings. The van der Waals surface area contributed by atoms with Gasteiger partial charge < -0.3 is 5.73 Å². The van der Waals surface area contributed by atoms with Crippen LogP contribution >= 0.6 is 0 Å². The highest BCUT2D eigenvalue weighted by atomic mass is 19.4. The van der Waals surface area contributed by atoms with Gasteiger partial charge in [-0.25, -0.2) is 14.3 Å². The molecule has 0 fully saturated rings. The predicted molar refractivity (Wildman–Crippen MR) is 66.5 cm³/mol. The Balaban J connectivity index is 2.83. The van der Waals surface area contributed by atoms with Crippen LogP contribution in [0.15, 0.2) is 23.3 Å². The highest BCUT2D eigenvalue weighted by Crippen LogP contribution is 2.35. The molecular weight excluding hydrogens is 273 g/mol. The molecule has 0 aliphatic carbocycles. The van der Waals surface area contributed by atoms with Crippen LogP contribution in [0.1, 0.15) is 16.7 Å². The van der Waals surface area contributed by atoms with Gasteiger partial charge in [-0.05, 0) is 25.5 Å². The number of nitrogens with two attached hydrogens (primary N) is 1. The SMILES string of the molecule is Cc1cc(C)c(-n2cnc(N)nc2=O)c(C(F)(F)F)c1. The number of hydrogen-bond donors (Lipinski definition) is 1. The van der Waals surface area contributed by atoms with E-state index in [1.807, 2.05) is 0 Å². The average molecular weight is 284 g/mol. The highest BCUT2D eigenvalue weighted by molar-refractivity contribution is 5.51. The Labute approximate surface area is 111 Å².